The van der Waals surface area contributed by atoms with Gasteiger partial charge in [0.15, 0.2) is 0 Å². The number of fused-ring (bicyclic) bond motifs is 2. The van der Waals surface area contributed by atoms with Gasteiger partial charge in [0.1, 0.15) is 5.58 Å². The highest BCUT2D eigenvalue weighted by molar-refractivity contribution is 5.97. The molecule has 4 heteroatoms. The predicted octanol–water partition coefficient (Wildman–Crippen LogP) is 3.60. The third-order valence-corrected chi connectivity index (χ3v) is 4.51. The summed E-state index contributed by atoms with van der Waals surface area (Å²) in [5, 5.41) is 3.75. The van der Waals surface area contributed by atoms with Crippen LogP contribution in [0.1, 0.15) is 32.6 Å². The van der Waals surface area contributed by atoms with Crippen LogP contribution in [-0.2, 0) is 13.0 Å². The fraction of sp³-hybridized carbons (Fsp3) is 0.143. The minimum Gasteiger partial charge on any atom is -0.423 e. The van der Waals surface area contributed by atoms with Gasteiger partial charge < -0.3 is 9.73 Å². The highest BCUT2D eigenvalue weighted by atomic mass is 16.4. The average Bonchev–Trinajstić information content (AvgIpc) is 3.06. The van der Waals surface area contributed by atoms with Crippen molar-refractivity contribution < 1.29 is 9.21 Å². The Balaban J connectivity index is 1.54. The number of carbonyl (C=O) groups is 1. The molecule has 0 spiro atoms. The lowest BCUT2D eigenvalue weighted by Crippen LogP contribution is -2.22. The van der Waals surface area contributed by atoms with E-state index in [-0.39, 0.29) is 5.91 Å². The van der Waals surface area contributed by atoms with Crippen LogP contribution in [-0.4, -0.2) is 5.91 Å². The van der Waals surface area contributed by atoms with Crippen LogP contribution < -0.4 is 10.9 Å². The lowest BCUT2D eigenvalue weighted by Gasteiger charge is -2.08. The number of allylic oxidation sites excluding steroid dienone is 1. The summed E-state index contributed by atoms with van der Waals surface area (Å²) in [6.07, 6.45) is 5.22. The van der Waals surface area contributed by atoms with Gasteiger partial charge >= 0.3 is 5.63 Å². The van der Waals surface area contributed by atoms with E-state index in [2.05, 4.69) is 29.6 Å². The van der Waals surface area contributed by atoms with Gasteiger partial charge in [-0.25, -0.2) is 4.79 Å². The van der Waals surface area contributed by atoms with Crippen LogP contribution in [0.3, 0.4) is 0 Å². The van der Waals surface area contributed by atoms with Gasteiger partial charge in [-0.15, -0.1) is 0 Å². The van der Waals surface area contributed by atoms with Crippen LogP contribution in [0.25, 0.3) is 17.0 Å². The highest BCUT2D eigenvalue weighted by Gasteiger charge is 2.10. The van der Waals surface area contributed by atoms with E-state index in [1.54, 1.807) is 12.1 Å². The molecule has 0 fully saturated rings. The van der Waals surface area contributed by atoms with Crippen LogP contribution in [0.15, 0.2) is 57.8 Å². The smallest absolute Gasteiger partial charge is 0.336 e. The molecule has 124 valence electrons. The third-order valence-electron chi connectivity index (χ3n) is 4.51. The maximum absolute atomic E-state index is 12.4. The standard InChI is InChI=1S/C21H17NO3/c1-13-9-20(23)25-19-11-17(7-8-18(13)19)21(24)22-12-14-5-6-15-3-2-4-16(15)10-14/h2,4-11H,3,12H2,1H3,(H,22,24). The summed E-state index contributed by atoms with van der Waals surface area (Å²) in [4.78, 5) is 23.9. The zero-order valence-corrected chi connectivity index (χ0v) is 13.8. The van der Waals surface area contributed by atoms with E-state index < -0.39 is 5.63 Å². The lowest BCUT2D eigenvalue weighted by atomic mass is 10.1. The molecule has 3 aromatic rings. The Morgan fingerprint density at radius 3 is 2.92 bits per heavy atom. The quantitative estimate of drug-likeness (QED) is 0.746. The van der Waals surface area contributed by atoms with E-state index in [1.807, 2.05) is 19.1 Å². The van der Waals surface area contributed by atoms with Gasteiger partial charge in [0.05, 0.1) is 0 Å². The van der Waals surface area contributed by atoms with Crippen molar-refractivity contribution in [3.8, 4) is 0 Å². The Hall–Kier alpha value is -3.14. The largest absolute Gasteiger partial charge is 0.423 e. The van der Waals surface area contributed by atoms with Crippen LogP contribution in [0.4, 0.5) is 0 Å². The highest BCUT2D eigenvalue weighted by Crippen LogP contribution is 2.21. The molecule has 0 saturated heterocycles. The normalized spacial score (nSPS) is 12.4. The summed E-state index contributed by atoms with van der Waals surface area (Å²) < 4.78 is 5.20. The second-order valence-corrected chi connectivity index (χ2v) is 6.28. The molecule has 1 amide bonds. The lowest BCUT2D eigenvalue weighted by molar-refractivity contribution is 0.0951. The molecule has 0 unspecified atom stereocenters. The van der Waals surface area contributed by atoms with Gasteiger partial charge in [-0.05, 0) is 53.8 Å². The molecule has 2 aromatic carbocycles. The minimum atomic E-state index is -0.409. The molecular weight excluding hydrogens is 314 g/mol. The molecule has 4 nitrogen and oxygen atoms in total. The van der Waals surface area contributed by atoms with Crippen molar-refractivity contribution in [3.63, 3.8) is 0 Å². The molecule has 0 bridgehead atoms. The van der Waals surface area contributed by atoms with Crippen LogP contribution in [0.5, 0.6) is 0 Å². The number of benzene rings is 2. The monoisotopic (exact) mass is 331 g/mol. The maximum atomic E-state index is 12.4. The molecule has 0 saturated carbocycles. The van der Waals surface area contributed by atoms with E-state index >= 15 is 0 Å². The van der Waals surface area contributed by atoms with E-state index in [0.717, 1.165) is 22.9 Å². The predicted molar refractivity (Wildman–Crippen MR) is 97.6 cm³/mol. The number of carbonyl (C=O) groups excluding carboxylic acids is 1. The number of amides is 1. The molecule has 1 aliphatic rings. The number of nitrogens with one attached hydrogen (secondary N) is 1. The molecule has 0 radical (unpaired) electrons. The molecule has 0 atom stereocenters. The van der Waals surface area contributed by atoms with E-state index in [9.17, 15) is 9.59 Å². The number of aryl methyl sites for hydroxylation is 1. The molecule has 1 aromatic heterocycles. The Morgan fingerprint density at radius 1 is 1.16 bits per heavy atom. The van der Waals surface area contributed by atoms with Gasteiger partial charge in [-0.2, -0.15) is 0 Å². The summed E-state index contributed by atoms with van der Waals surface area (Å²) in [6, 6.07) is 12.9. The topological polar surface area (TPSA) is 59.3 Å². The third kappa shape index (κ3) is 2.98. The number of hydrogen-bond acceptors (Lipinski definition) is 3. The van der Waals surface area contributed by atoms with Gasteiger partial charge in [-0.3, -0.25) is 4.79 Å². The van der Waals surface area contributed by atoms with Gasteiger partial charge in [0.25, 0.3) is 5.91 Å². The zero-order chi connectivity index (χ0) is 17.4. The van der Waals surface area contributed by atoms with E-state index in [4.69, 9.17) is 4.42 Å². The zero-order valence-electron chi connectivity index (χ0n) is 13.8. The first-order chi connectivity index (χ1) is 12.1. The number of rotatable bonds is 3. The van der Waals surface area contributed by atoms with Crippen molar-refractivity contribution >= 4 is 23.0 Å². The Morgan fingerprint density at radius 2 is 2.04 bits per heavy atom. The molecule has 1 heterocycles. The van der Waals surface area contributed by atoms with Crippen molar-refractivity contribution in [3.05, 3.63) is 86.8 Å². The summed E-state index contributed by atoms with van der Waals surface area (Å²) >= 11 is 0. The fourth-order valence-corrected chi connectivity index (χ4v) is 3.16. The summed E-state index contributed by atoms with van der Waals surface area (Å²) in [5.41, 5.74) is 4.92. The first-order valence-corrected chi connectivity index (χ1v) is 8.21. The average molecular weight is 331 g/mol. The minimum absolute atomic E-state index is 0.193. The maximum Gasteiger partial charge on any atom is 0.336 e. The molecule has 0 aliphatic heterocycles. The summed E-state index contributed by atoms with van der Waals surface area (Å²) in [7, 11) is 0. The molecule has 4 rings (SSSR count). The molecule has 1 N–H and O–H groups in total. The van der Waals surface area contributed by atoms with Crippen LogP contribution >= 0.6 is 0 Å². The van der Waals surface area contributed by atoms with Crippen molar-refractivity contribution in [2.75, 3.05) is 0 Å². The first-order valence-electron chi connectivity index (χ1n) is 8.21. The van der Waals surface area contributed by atoms with Crippen molar-refractivity contribution in [2.24, 2.45) is 0 Å². The summed E-state index contributed by atoms with van der Waals surface area (Å²) in [6.45, 7) is 2.30. The Bertz CT molecular complexity index is 1080. The summed E-state index contributed by atoms with van der Waals surface area (Å²) in [5.74, 6) is -0.193. The van der Waals surface area contributed by atoms with Crippen molar-refractivity contribution in [2.45, 2.75) is 19.9 Å². The van der Waals surface area contributed by atoms with Gasteiger partial charge in [0.2, 0.25) is 0 Å². The van der Waals surface area contributed by atoms with Crippen LogP contribution in [0.2, 0.25) is 0 Å². The van der Waals surface area contributed by atoms with Gasteiger partial charge in [0, 0.05) is 23.6 Å². The van der Waals surface area contributed by atoms with Crippen molar-refractivity contribution in [1.29, 1.82) is 0 Å². The van der Waals surface area contributed by atoms with E-state index in [0.29, 0.717) is 17.7 Å². The van der Waals surface area contributed by atoms with Crippen LogP contribution in [0, 0.1) is 6.92 Å². The molecule has 25 heavy (non-hydrogen) atoms. The molecular formula is C21H17NO3. The fourth-order valence-electron chi connectivity index (χ4n) is 3.16. The van der Waals surface area contributed by atoms with Crippen molar-refractivity contribution in [1.82, 2.24) is 5.32 Å². The number of hydrogen-bond donors (Lipinski definition) is 1. The Kier molecular flexibility index (Phi) is 3.73. The van der Waals surface area contributed by atoms with Gasteiger partial charge in [-0.1, -0.05) is 30.4 Å². The first kappa shape index (κ1) is 15.4. The second-order valence-electron chi connectivity index (χ2n) is 6.28. The Labute approximate surface area is 144 Å². The molecule has 1 aliphatic carbocycles. The van der Waals surface area contributed by atoms with E-state index in [1.165, 1.54) is 17.2 Å². The SMILES string of the molecule is Cc1cc(=O)oc2cc(C(=O)NCc3ccc4c(c3)C=CC4)ccc12. The second kappa shape index (κ2) is 6.06.